The molecule has 0 aliphatic heterocycles. The number of rotatable bonds is 7. The molecule has 0 spiro atoms. The van der Waals surface area contributed by atoms with Gasteiger partial charge in [-0.2, -0.15) is 0 Å². The summed E-state index contributed by atoms with van der Waals surface area (Å²) >= 11 is 0. The Morgan fingerprint density at radius 2 is 1.76 bits per heavy atom. The van der Waals surface area contributed by atoms with E-state index in [1.807, 2.05) is 36.4 Å². The molecule has 110 valence electrons. The van der Waals surface area contributed by atoms with E-state index in [-0.39, 0.29) is 11.9 Å². The average molecular weight is 285 g/mol. The van der Waals surface area contributed by atoms with Crippen molar-refractivity contribution in [3.63, 3.8) is 0 Å². The lowest BCUT2D eigenvalue weighted by molar-refractivity contribution is 0.0373. The average Bonchev–Trinajstić information content (AvgIpc) is 3.34. The first-order chi connectivity index (χ1) is 10.3. The van der Waals surface area contributed by atoms with Crippen molar-refractivity contribution in [2.75, 3.05) is 6.54 Å². The van der Waals surface area contributed by atoms with Crippen LogP contribution in [0.4, 0.5) is 4.39 Å². The van der Waals surface area contributed by atoms with E-state index in [1.54, 1.807) is 12.1 Å². The van der Waals surface area contributed by atoms with E-state index in [9.17, 15) is 4.39 Å². The molecule has 1 fully saturated rings. The molecule has 0 amide bonds. The predicted octanol–water partition coefficient (Wildman–Crippen LogP) is 3.84. The molecule has 1 saturated carbocycles. The summed E-state index contributed by atoms with van der Waals surface area (Å²) in [7, 11) is 0. The van der Waals surface area contributed by atoms with Gasteiger partial charge in [-0.05, 0) is 24.5 Å². The number of halogens is 1. The summed E-state index contributed by atoms with van der Waals surface area (Å²) in [5.74, 6) is -0.201. The third-order valence-electron chi connectivity index (χ3n) is 3.72. The lowest BCUT2D eigenvalue weighted by Crippen LogP contribution is -2.25. The SMILES string of the molecule is Fc1ccccc1C(CNC1CC1)OCc1ccccc1. The minimum absolute atomic E-state index is 0.201. The van der Waals surface area contributed by atoms with Crippen LogP contribution < -0.4 is 5.32 Å². The zero-order valence-electron chi connectivity index (χ0n) is 12.0. The Morgan fingerprint density at radius 3 is 2.48 bits per heavy atom. The van der Waals surface area contributed by atoms with E-state index in [1.165, 1.54) is 18.9 Å². The van der Waals surface area contributed by atoms with Crippen LogP contribution in [0.5, 0.6) is 0 Å². The van der Waals surface area contributed by atoms with Crippen LogP contribution in [0.25, 0.3) is 0 Å². The molecule has 1 aliphatic rings. The standard InChI is InChI=1S/C18H20FNO/c19-17-9-5-4-8-16(17)18(12-20-15-10-11-15)21-13-14-6-2-1-3-7-14/h1-9,15,18,20H,10-13H2. The first kappa shape index (κ1) is 14.2. The highest BCUT2D eigenvalue weighted by atomic mass is 19.1. The first-order valence-electron chi connectivity index (χ1n) is 7.46. The monoisotopic (exact) mass is 285 g/mol. The summed E-state index contributed by atoms with van der Waals surface area (Å²) in [6, 6.07) is 17.4. The molecule has 0 bridgehead atoms. The first-order valence-corrected chi connectivity index (χ1v) is 7.46. The quantitative estimate of drug-likeness (QED) is 0.834. The highest BCUT2D eigenvalue weighted by Gasteiger charge is 2.23. The van der Waals surface area contributed by atoms with E-state index in [4.69, 9.17) is 4.74 Å². The molecule has 0 radical (unpaired) electrons. The van der Waals surface area contributed by atoms with Crippen molar-refractivity contribution in [3.05, 3.63) is 71.5 Å². The molecule has 1 aliphatic carbocycles. The number of hydrogen-bond acceptors (Lipinski definition) is 2. The molecule has 3 heteroatoms. The van der Waals surface area contributed by atoms with Gasteiger partial charge in [0.25, 0.3) is 0 Å². The van der Waals surface area contributed by atoms with Gasteiger partial charge >= 0.3 is 0 Å². The number of ether oxygens (including phenoxy) is 1. The lowest BCUT2D eigenvalue weighted by Gasteiger charge is -2.19. The molecular weight excluding hydrogens is 265 g/mol. The molecule has 21 heavy (non-hydrogen) atoms. The fraction of sp³-hybridized carbons (Fsp3) is 0.333. The van der Waals surface area contributed by atoms with Crippen molar-refractivity contribution in [1.82, 2.24) is 5.32 Å². The van der Waals surface area contributed by atoms with E-state index in [2.05, 4.69) is 5.32 Å². The van der Waals surface area contributed by atoms with Crippen LogP contribution in [-0.2, 0) is 11.3 Å². The Kier molecular flexibility index (Phi) is 4.63. The van der Waals surface area contributed by atoms with Crippen molar-refractivity contribution < 1.29 is 9.13 Å². The summed E-state index contributed by atoms with van der Waals surface area (Å²) in [5, 5.41) is 3.43. The summed E-state index contributed by atoms with van der Waals surface area (Å²) in [5.41, 5.74) is 1.73. The summed E-state index contributed by atoms with van der Waals surface area (Å²) in [4.78, 5) is 0. The Morgan fingerprint density at radius 1 is 1.05 bits per heavy atom. The third-order valence-corrected chi connectivity index (χ3v) is 3.72. The van der Waals surface area contributed by atoms with E-state index >= 15 is 0 Å². The Bertz CT molecular complexity index is 568. The van der Waals surface area contributed by atoms with E-state index in [0.717, 1.165) is 5.56 Å². The second kappa shape index (κ2) is 6.83. The molecule has 2 aromatic carbocycles. The number of benzene rings is 2. The Hall–Kier alpha value is -1.71. The van der Waals surface area contributed by atoms with Gasteiger partial charge in [0.05, 0.1) is 12.7 Å². The number of nitrogens with one attached hydrogen (secondary N) is 1. The van der Waals surface area contributed by atoms with Crippen LogP contribution in [0.15, 0.2) is 54.6 Å². The van der Waals surface area contributed by atoms with Crippen LogP contribution in [-0.4, -0.2) is 12.6 Å². The van der Waals surface area contributed by atoms with Crippen molar-refractivity contribution in [2.45, 2.75) is 31.6 Å². The van der Waals surface area contributed by atoms with Crippen LogP contribution in [0, 0.1) is 5.82 Å². The maximum Gasteiger partial charge on any atom is 0.129 e. The zero-order valence-corrected chi connectivity index (χ0v) is 12.0. The van der Waals surface area contributed by atoms with Gasteiger partial charge in [0.15, 0.2) is 0 Å². The highest BCUT2D eigenvalue weighted by molar-refractivity contribution is 5.21. The number of hydrogen-bond donors (Lipinski definition) is 1. The largest absolute Gasteiger partial charge is 0.367 e. The maximum absolute atomic E-state index is 14.0. The summed E-state index contributed by atoms with van der Waals surface area (Å²) in [6.45, 7) is 1.14. The van der Waals surface area contributed by atoms with Crippen molar-refractivity contribution >= 4 is 0 Å². The molecule has 2 nitrogen and oxygen atoms in total. The van der Waals surface area contributed by atoms with Crippen LogP contribution >= 0.6 is 0 Å². The van der Waals surface area contributed by atoms with Gasteiger partial charge in [0, 0.05) is 18.2 Å². The lowest BCUT2D eigenvalue weighted by atomic mass is 10.1. The van der Waals surface area contributed by atoms with Crippen molar-refractivity contribution in [3.8, 4) is 0 Å². The smallest absolute Gasteiger partial charge is 0.129 e. The fourth-order valence-electron chi connectivity index (χ4n) is 2.33. The van der Waals surface area contributed by atoms with Crippen LogP contribution in [0.3, 0.4) is 0 Å². The second-order valence-corrected chi connectivity index (χ2v) is 5.49. The molecule has 0 aromatic heterocycles. The molecule has 1 unspecified atom stereocenters. The van der Waals surface area contributed by atoms with Gasteiger partial charge in [-0.15, -0.1) is 0 Å². The normalized spacial score (nSPS) is 15.9. The Balaban J connectivity index is 1.67. The van der Waals surface area contributed by atoms with Crippen molar-refractivity contribution in [1.29, 1.82) is 0 Å². The van der Waals surface area contributed by atoms with Crippen LogP contribution in [0.2, 0.25) is 0 Å². The van der Waals surface area contributed by atoms with Gasteiger partial charge in [0.1, 0.15) is 5.82 Å². The molecular formula is C18H20FNO. The molecule has 1 atom stereocenters. The molecule has 1 N–H and O–H groups in total. The van der Waals surface area contributed by atoms with Gasteiger partial charge < -0.3 is 10.1 Å². The van der Waals surface area contributed by atoms with Gasteiger partial charge in [-0.25, -0.2) is 4.39 Å². The second-order valence-electron chi connectivity index (χ2n) is 5.49. The molecule has 2 aromatic rings. The van der Waals surface area contributed by atoms with Crippen molar-refractivity contribution in [2.24, 2.45) is 0 Å². The summed E-state index contributed by atoms with van der Waals surface area (Å²) in [6.07, 6.45) is 2.16. The Labute approximate surface area is 125 Å². The predicted molar refractivity (Wildman–Crippen MR) is 81.4 cm³/mol. The minimum Gasteiger partial charge on any atom is -0.367 e. The van der Waals surface area contributed by atoms with E-state index < -0.39 is 0 Å². The minimum atomic E-state index is -0.257. The maximum atomic E-state index is 14.0. The van der Waals surface area contributed by atoms with Crippen LogP contribution in [0.1, 0.15) is 30.1 Å². The third kappa shape index (κ3) is 4.13. The fourth-order valence-corrected chi connectivity index (χ4v) is 2.33. The summed E-state index contributed by atoms with van der Waals surface area (Å²) < 4.78 is 20.0. The molecule has 0 saturated heterocycles. The van der Waals surface area contributed by atoms with Gasteiger partial charge in [-0.3, -0.25) is 0 Å². The van der Waals surface area contributed by atoms with Gasteiger partial charge in [0.2, 0.25) is 0 Å². The zero-order chi connectivity index (χ0) is 14.5. The highest BCUT2D eigenvalue weighted by Crippen LogP contribution is 2.24. The van der Waals surface area contributed by atoms with Gasteiger partial charge in [-0.1, -0.05) is 48.5 Å². The molecule has 3 rings (SSSR count). The topological polar surface area (TPSA) is 21.3 Å². The molecule has 0 heterocycles. The van der Waals surface area contributed by atoms with E-state index in [0.29, 0.717) is 24.8 Å².